The van der Waals surface area contributed by atoms with Crippen LogP contribution in [-0.2, 0) is 9.53 Å². The molecule has 0 aliphatic carbocycles. The Morgan fingerprint density at radius 1 is 1.29 bits per heavy atom. The number of carbonyl (C=O) groups is 2. The number of urea groups is 1. The Morgan fingerprint density at radius 2 is 2.08 bits per heavy atom. The summed E-state index contributed by atoms with van der Waals surface area (Å²) in [5, 5.41) is 3.02. The first-order chi connectivity index (χ1) is 11.5. The molecular weight excluding hydrogens is 308 g/mol. The molecule has 2 heterocycles. The third kappa shape index (κ3) is 5.34. The maximum atomic E-state index is 12.3. The lowest BCUT2D eigenvalue weighted by atomic mass is 9.97. The zero-order valence-corrected chi connectivity index (χ0v) is 15.0. The van der Waals surface area contributed by atoms with E-state index in [-0.39, 0.29) is 30.0 Å². The SMILES string of the molecule is CO[C@@H]1CCN(C(=O)NCCCN2CCC[C@@H](C(N)=O)C2)[C@H](C)C1. The van der Waals surface area contributed by atoms with E-state index < -0.39 is 0 Å². The fourth-order valence-corrected chi connectivity index (χ4v) is 3.74. The van der Waals surface area contributed by atoms with Crippen LogP contribution in [0.4, 0.5) is 4.79 Å². The number of hydrogen-bond donors (Lipinski definition) is 2. The summed E-state index contributed by atoms with van der Waals surface area (Å²) in [4.78, 5) is 27.8. The van der Waals surface area contributed by atoms with Crippen LogP contribution in [0.2, 0.25) is 0 Å². The van der Waals surface area contributed by atoms with Gasteiger partial charge < -0.3 is 25.6 Å². The molecule has 7 heteroatoms. The van der Waals surface area contributed by atoms with Crippen LogP contribution in [0.5, 0.6) is 0 Å². The van der Waals surface area contributed by atoms with E-state index in [1.54, 1.807) is 7.11 Å². The fraction of sp³-hybridized carbons (Fsp3) is 0.882. The highest BCUT2D eigenvalue weighted by atomic mass is 16.5. The molecule has 3 N–H and O–H groups in total. The molecule has 0 aromatic heterocycles. The van der Waals surface area contributed by atoms with E-state index in [2.05, 4.69) is 17.1 Å². The second-order valence-corrected chi connectivity index (χ2v) is 7.05. The van der Waals surface area contributed by atoms with E-state index in [1.165, 1.54) is 0 Å². The molecule has 2 rings (SSSR count). The highest BCUT2D eigenvalue weighted by Gasteiger charge is 2.28. The third-order valence-electron chi connectivity index (χ3n) is 5.26. The predicted octanol–water partition coefficient (Wildman–Crippen LogP) is 0.783. The van der Waals surface area contributed by atoms with Gasteiger partial charge in [-0.1, -0.05) is 0 Å². The first-order valence-corrected chi connectivity index (χ1v) is 9.10. The number of rotatable bonds is 6. The van der Waals surface area contributed by atoms with Crippen LogP contribution < -0.4 is 11.1 Å². The number of primary amides is 1. The van der Waals surface area contributed by atoms with Crippen molar-refractivity contribution in [3.63, 3.8) is 0 Å². The van der Waals surface area contributed by atoms with Gasteiger partial charge in [-0.15, -0.1) is 0 Å². The smallest absolute Gasteiger partial charge is 0.317 e. The number of methoxy groups -OCH3 is 1. The summed E-state index contributed by atoms with van der Waals surface area (Å²) >= 11 is 0. The molecule has 2 aliphatic rings. The van der Waals surface area contributed by atoms with Crippen molar-refractivity contribution in [2.24, 2.45) is 11.7 Å². The summed E-state index contributed by atoms with van der Waals surface area (Å²) < 4.78 is 5.38. The molecule has 0 saturated carbocycles. The normalized spacial score (nSPS) is 28.6. The van der Waals surface area contributed by atoms with E-state index in [1.807, 2.05) is 4.90 Å². The van der Waals surface area contributed by atoms with Crippen molar-refractivity contribution in [2.45, 2.75) is 51.2 Å². The minimum atomic E-state index is -0.193. The lowest BCUT2D eigenvalue weighted by Crippen LogP contribution is -2.51. The highest BCUT2D eigenvalue weighted by molar-refractivity contribution is 5.77. The van der Waals surface area contributed by atoms with Gasteiger partial charge in [0.05, 0.1) is 12.0 Å². The molecule has 2 saturated heterocycles. The van der Waals surface area contributed by atoms with Gasteiger partial charge in [0, 0.05) is 32.8 Å². The summed E-state index contributed by atoms with van der Waals surface area (Å²) in [6.45, 7) is 6.14. The molecule has 2 fully saturated rings. The second kappa shape index (κ2) is 9.22. The Bertz CT molecular complexity index is 432. The Hall–Kier alpha value is -1.34. The van der Waals surface area contributed by atoms with E-state index >= 15 is 0 Å². The monoisotopic (exact) mass is 340 g/mol. The van der Waals surface area contributed by atoms with Crippen LogP contribution in [0.25, 0.3) is 0 Å². The number of ether oxygens (including phenoxy) is 1. The van der Waals surface area contributed by atoms with Crippen LogP contribution in [0.3, 0.4) is 0 Å². The minimum Gasteiger partial charge on any atom is -0.381 e. The Balaban J connectivity index is 1.63. The molecule has 7 nitrogen and oxygen atoms in total. The third-order valence-corrected chi connectivity index (χ3v) is 5.26. The molecule has 0 aromatic rings. The highest BCUT2D eigenvalue weighted by Crippen LogP contribution is 2.19. The maximum absolute atomic E-state index is 12.3. The predicted molar refractivity (Wildman–Crippen MR) is 92.6 cm³/mol. The maximum Gasteiger partial charge on any atom is 0.317 e. The first-order valence-electron chi connectivity index (χ1n) is 9.10. The molecule has 24 heavy (non-hydrogen) atoms. The number of likely N-dealkylation sites (tertiary alicyclic amines) is 2. The lowest BCUT2D eigenvalue weighted by molar-refractivity contribution is -0.123. The average Bonchev–Trinajstić information content (AvgIpc) is 2.58. The Labute approximate surface area is 144 Å². The van der Waals surface area contributed by atoms with Gasteiger partial charge in [-0.2, -0.15) is 0 Å². The van der Waals surface area contributed by atoms with Crippen LogP contribution in [0.1, 0.15) is 39.0 Å². The zero-order valence-electron chi connectivity index (χ0n) is 15.0. The number of piperidine rings is 2. The van der Waals surface area contributed by atoms with Gasteiger partial charge in [0.2, 0.25) is 5.91 Å². The summed E-state index contributed by atoms with van der Waals surface area (Å²) in [5.74, 6) is -0.210. The van der Waals surface area contributed by atoms with Gasteiger partial charge in [-0.05, 0) is 52.1 Å². The minimum absolute atomic E-state index is 0.0173. The Morgan fingerprint density at radius 3 is 2.75 bits per heavy atom. The summed E-state index contributed by atoms with van der Waals surface area (Å²) in [6.07, 6.45) is 4.87. The number of amides is 3. The number of nitrogens with zero attached hydrogens (tertiary/aromatic N) is 2. The molecule has 0 aromatic carbocycles. The molecule has 0 spiro atoms. The van der Waals surface area contributed by atoms with Gasteiger partial charge in [0.15, 0.2) is 0 Å². The number of nitrogens with two attached hydrogens (primary N) is 1. The quantitative estimate of drug-likeness (QED) is 0.700. The zero-order chi connectivity index (χ0) is 17.5. The van der Waals surface area contributed by atoms with Gasteiger partial charge in [-0.25, -0.2) is 4.79 Å². The molecule has 0 unspecified atom stereocenters. The Kier molecular flexibility index (Phi) is 7.30. The number of carbonyl (C=O) groups excluding carboxylic acids is 2. The van der Waals surface area contributed by atoms with Crippen LogP contribution >= 0.6 is 0 Å². The number of hydrogen-bond acceptors (Lipinski definition) is 4. The molecule has 0 radical (unpaired) electrons. The van der Waals surface area contributed by atoms with Crippen molar-refractivity contribution >= 4 is 11.9 Å². The number of nitrogens with one attached hydrogen (secondary N) is 1. The van der Waals surface area contributed by atoms with Crippen molar-refractivity contribution < 1.29 is 14.3 Å². The topological polar surface area (TPSA) is 87.9 Å². The second-order valence-electron chi connectivity index (χ2n) is 7.05. The van der Waals surface area contributed by atoms with Crippen LogP contribution in [0.15, 0.2) is 0 Å². The van der Waals surface area contributed by atoms with Crippen molar-refractivity contribution in [1.29, 1.82) is 0 Å². The first kappa shape index (κ1) is 19.0. The van der Waals surface area contributed by atoms with Crippen LogP contribution in [-0.4, -0.2) is 73.7 Å². The summed E-state index contributed by atoms with van der Waals surface area (Å²) in [7, 11) is 1.73. The van der Waals surface area contributed by atoms with Crippen molar-refractivity contribution in [1.82, 2.24) is 15.1 Å². The summed E-state index contributed by atoms with van der Waals surface area (Å²) in [5.41, 5.74) is 5.40. The molecule has 3 atom stereocenters. The van der Waals surface area contributed by atoms with Gasteiger partial charge in [0.1, 0.15) is 0 Å². The van der Waals surface area contributed by atoms with Crippen molar-refractivity contribution in [2.75, 3.05) is 39.8 Å². The van der Waals surface area contributed by atoms with Crippen molar-refractivity contribution in [3.05, 3.63) is 0 Å². The van der Waals surface area contributed by atoms with Gasteiger partial charge in [-0.3, -0.25) is 4.79 Å². The van der Waals surface area contributed by atoms with Gasteiger partial charge >= 0.3 is 6.03 Å². The summed E-state index contributed by atoms with van der Waals surface area (Å²) in [6, 6.07) is 0.229. The largest absolute Gasteiger partial charge is 0.381 e. The molecule has 138 valence electrons. The molecule has 2 aliphatic heterocycles. The average molecular weight is 340 g/mol. The molecule has 3 amide bonds. The van der Waals surface area contributed by atoms with Gasteiger partial charge in [0.25, 0.3) is 0 Å². The van der Waals surface area contributed by atoms with E-state index in [0.717, 1.165) is 58.3 Å². The van der Waals surface area contributed by atoms with Crippen LogP contribution in [0, 0.1) is 5.92 Å². The molecule has 0 bridgehead atoms. The molecular formula is C17H32N4O3. The fourth-order valence-electron chi connectivity index (χ4n) is 3.74. The van der Waals surface area contributed by atoms with Crippen molar-refractivity contribution in [3.8, 4) is 0 Å². The van der Waals surface area contributed by atoms with E-state index in [0.29, 0.717) is 6.54 Å². The van der Waals surface area contributed by atoms with E-state index in [4.69, 9.17) is 10.5 Å². The van der Waals surface area contributed by atoms with E-state index in [9.17, 15) is 9.59 Å². The lowest BCUT2D eigenvalue weighted by Gasteiger charge is -2.37. The standard InChI is InChI=1S/C17H32N4O3/c1-13-11-15(24-2)6-10-21(13)17(23)19-7-4-9-20-8-3-5-14(12-20)16(18)22/h13-15H,3-12H2,1-2H3,(H2,18,22)(H,19,23)/t13-,14-,15-/m1/s1.